The Kier molecular flexibility index (Phi) is 4.78. The van der Waals surface area contributed by atoms with Crippen molar-refractivity contribution in [3.8, 4) is 0 Å². The molecular weight excluding hydrogens is 311 g/mol. The predicted octanol–water partition coefficient (Wildman–Crippen LogP) is 2.65. The molecule has 0 saturated carbocycles. The largest absolute Gasteiger partial charge is 0.444 e. The fraction of sp³-hybridized carbons (Fsp3) is 0.611. The molecule has 2 fully saturated rings. The van der Waals surface area contributed by atoms with Gasteiger partial charge in [0.15, 0.2) is 0 Å². The standard InChI is InChI=1S/C18H25FN2O3/c1-18(2,3)24-17(22)20-9-15-11-23-12-16(10-20)21(15)8-13-4-6-14(19)7-5-13/h4-7,15-16H,8-12H2,1-3H3/t15-,16+. The Morgan fingerprint density at radius 1 is 1.21 bits per heavy atom. The maximum Gasteiger partial charge on any atom is 0.410 e. The van der Waals surface area contributed by atoms with Gasteiger partial charge < -0.3 is 14.4 Å². The second-order valence-corrected chi connectivity index (χ2v) is 7.53. The summed E-state index contributed by atoms with van der Waals surface area (Å²) in [4.78, 5) is 16.5. The Morgan fingerprint density at radius 3 is 2.33 bits per heavy atom. The van der Waals surface area contributed by atoms with Gasteiger partial charge in [0.2, 0.25) is 0 Å². The molecular formula is C18H25FN2O3. The van der Waals surface area contributed by atoms with Crippen LogP contribution in [0.2, 0.25) is 0 Å². The molecule has 1 aromatic carbocycles. The van der Waals surface area contributed by atoms with Crippen molar-refractivity contribution in [2.24, 2.45) is 0 Å². The molecule has 2 bridgehead atoms. The molecule has 0 N–H and O–H groups in total. The topological polar surface area (TPSA) is 42.0 Å². The Bertz CT molecular complexity index is 571. The molecule has 2 atom stereocenters. The molecule has 5 nitrogen and oxygen atoms in total. The van der Waals surface area contributed by atoms with Gasteiger partial charge in [0, 0.05) is 19.6 Å². The van der Waals surface area contributed by atoms with Crippen LogP contribution in [0, 0.1) is 5.82 Å². The van der Waals surface area contributed by atoms with Gasteiger partial charge in [0.05, 0.1) is 25.3 Å². The van der Waals surface area contributed by atoms with Crippen molar-refractivity contribution in [3.63, 3.8) is 0 Å². The SMILES string of the molecule is CC(C)(C)OC(=O)N1C[C@H]2COC[C@@H](C1)N2Cc1ccc(F)cc1. The summed E-state index contributed by atoms with van der Waals surface area (Å²) in [6.45, 7) is 8.73. The highest BCUT2D eigenvalue weighted by Crippen LogP contribution is 2.25. The first kappa shape index (κ1) is 17.2. The lowest BCUT2D eigenvalue weighted by molar-refractivity contribution is -0.101. The van der Waals surface area contributed by atoms with Crippen LogP contribution in [0.5, 0.6) is 0 Å². The van der Waals surface area contributed by atoms with Gasteiger partial charge in [-0.1, -0.05) is 12.1 Å². The number of rotatable bonds is 2. The molecule has 2 aliphatic rings. The molecule has 0 radical (unpaired) electrons. The second-order valence-electron chi connectivity index (χ2n) is 7.53. The number of halogens is 1. The Morgan fingerprint density at radius 2 is 1.79 bits per heavy atom. The summed E-state index contributed by atoms with van der Waals surface area (Å²) in [5.41, 5.74) is 0.576. The molecule has 0 aromatic heterocycles. The number of hydrogen-bond acceptors (Lipinski definition) is 4. The van der Waals surface area contributed by atoms with Crippen molar-refractivity contribution in [1.82, 2.24) is 9.80 Å². The molecule has 0 unspecified atom stereocenters. The number of nitrogens with zero attached hydrogens (tertiary/aromatic N) is 2. The Labute approximate surface area is 142 Å². The fourth-order valence-electron chi connectivity index (χ4n) is 3.26. The highest BCUT2D eigenvalue weighted by Gasteiger charge is 2.40. The van der Waals surface area contributed by atoms with Crippen LogP contribution in [-0.2, 0) is 16.0 Å². The third-order valence-electron chi connectivity index (χ3n) is 4.35. The monoisotopic (exact) mass is 336 g/mol. The normalized spacial score (nSPS) is 24.8. The maximum absolute atomic E-state index is 13.1. The van der Waals surface area contributed by atoms with E-state index in [9.17, 15) is 9.18 Å². The molecule has 1 amide bonds. The Balaban J connectivity index is 1.67. The number of amides is 1. The summed E-state index contributed by atoms with van der Waals surface area (Å²) in [6, 6.07) is 6.86. The molecule has 132 valence electrons. The summed E-state index contributed by atoms with van der Waals surface area (Å²) in [6.07, 6.45) is -0.263. The first-order chi connectivity index (χ1) is 11.3. The van der Waals surface area contributed by atoms with Crippen LogP contribution in [-0.4, -0.2) is 59.9 Å². The summed E-state index contributed by atoms with van der Waals surface area (Å²) >= 11 is 0. The van der Waals surface area contributed by atoms with Crippen LogP contribution in [0.3, 0.4) is 0 Å². The van der Waals surface area contributed by atoms with Crippen molar-refractivity contribution >= 4 is 6.09 Å². The zero-order chi connectivity index (χ0) is 17.3. The maximum atomic E-state index is 13.1. The first-order valence-electron chi connectivity index (χ1n) is 8.38. The zero-order valence-electron chi connectivity index (χ0n) is 14.5. The number of fused-ring (bicyclic) bond motifs is 2. The van der Waals surface area contributed by atoms with E-state index in [1.54, 1.807) is 4.90 Å². The molecule has 6 heteroatoms. The zero-order valence-corrected chi connectivity index (χ0v) is 14.5. The molecule has 0 aliphatic carbocycles. The van der Waals surface area contributed by atoms with Crippen molar-refractivity contribution in [1.29, 1.82) is 0 Å². The van der Waals surface area contributed by atoms with Gasteiger partial charge in [-0.05, 0) is 38.5 Å². The number of piperazine rings is 1. The van der Waals surface area contributed by atoms with Gasteiger partial charge in [0.25, 0.3) is 0 Å². The number of carbonyl (C=O) groups is 1. The van der Waals surface area contributed by atoms with E-state index in [0.29, 0.717) is 26.3 Å². The molecule has 24 heavy (non-hydrogen) atoms. The number of hydrogen-bond donors (Lipinski definition) is 0. The summed E-state index contributed by atoms with van der Waals surface area (Å²) in [5, 5.41) is 0. The third-order valence-corrected chi connectivity index (χ3v) is 4.35. The van der Waals surface area contributed by atoms with E-state index in [4.69, 9.17) is 9.47 Å². The van der Waals surface area contributed by atoms with Gasteiger partial charge in [-0.2, -0.15) is 0 Å². The first-order valence-corrected chi connectivity index (χ1v) is 8.38. The third kappa shape index (κ3) is 4.05. The summed E-state index contributed by atoms with van der Waals surface area (Å²) in [5.74, 6) is -0.225. The van der Waals surface area contributed by atoms with Crippen LogP contribution in [0.4, 0.5) is 9.18 Å². The van der Waals surface area contributed by atoms with Crippen LogP contribution >= 0.6 is 0 Å². The minimum atomic E-state index is -0.492. The van der Waals surface area contributed by atoms with Crippen LogP contribution in [0.15, 0.2) is 24.3 Å². The van der Waals surface area contributed by atoms with Crippen molar-refractivity contribution < 1.29 is 18.7 Å². The van der Waals surface area contributed by atoms with Gasteiger partial charge in [0.1, 0.15) is 11.4 Å². The minimum absolute atomic E-state index is 0.134. The van der Waals surface area contributed by atoms with Gasteiger partial charge in [-0.25, -0.2) is 9.18 Å². The van der Waals surface area contributed by atoms with E-state index < -0.39 is 5.60 Å². The number of carbonyl (C=O) groups excluding carboxylic acids is 1. The number of benzene rings is 1. The quantitative estimate of drug-likeness (QED) is 0.833. The lowest BCUT2D eigenvalue weighted by Gasteiger charge is -2.49. The predicted molar refractivity (Wildman–Crippen MR) is 88.1 cm³/mol. The van der Waals surface area contributed by atoms with E-state index in [0.717, 1.165) is 12.1 Å². The van der Waals surface area contributed by atoms with Crippen LogP contribution in [0.1, 0.15) is 26.3 Å². The van der Waals surface area contributed by atoms with Crippen molar-refractivity contribution in [2.45, 2.75) is 45.0 Å². The van der Waals surface area contributed by atoms with E-state index in [1.807, 2.05) is 32.9 Å². The molecule has 2 aliphatic heterocycles. The average Bonchev–Trinajstić information content (AvgIpc) is 2.47. The van der Waals surface area contributed by atoms with E-state index >= 15 is 0 Å². The molecule has 0 spiro atoms. The average molecular weight is 336 g/mol. The smallest absolute Gasteiger partial charge is 0.410 e. The van der Waals surface area contributed by atoms with E-state index in [2.05, 4.69) is 4.90 Å². The van der Waals surface area contributed by atoms with Crippen LogP contribution in [0.25, 0.3) is 0 Å². The highest BCUT2D eigenvalue weighted by atomic mass is 19.1. The number of ether oxygens (including phenoxy) is 2. The Hall–Kier alpha value is -1.66. The summed E-state index contributed by atoms with van der Waals surface area (Å²) in [7, 11) is 0. The van der Waals surface area contributed by atoms with Crippen LogP contribution < -0.4 is 0 Å². The van der Waals surface area contributed by atoms with Crippen molar-refractivity contribution in [3.05, 3.63) is 35.6 Å². The lowest BCUT2D eigenvalue weighted by Crippen LogP contribution is -2.65. The summed E-state index contributed by atoms with van der Waals surface area (Å²) < 4.78 is 24.2. The van der Waals surface area contributed by atoms with E-state index in [1.165, 1.54) is 12.1 Å². The van der Waals surface area contributed by atoms with E-state index in [-0.39, 0.29) is 24.0 Å². The van der Waals surface area contributed by atoms with Gasteiger partial charge in [-0.15, -0.1) is 0 Å². The highest BCUT2D eigenvalue weighted by molar-refractivity contribution is 5.68. The second kappa shape index (κ2) is 6.69. The molecule has 1 aromatic rings. The van der Waals surface area contributed by atoms with Gasteiger partial charge in [-0.3, -0.25) is 4.90 Å². The number of morpholine rings is 1. The minimum Gasteiger partial charge on any atom is -0.444 e. The molecule has 3 rings (SSSR count). The lowest BCUT2D eigenvalue weighted by atomic mass is 10.0. The van der Waals surface area contributed by atoms with Gasteiger partial charge >= 0.3 is 6.09 Å². The molecule has 2 saturated heterocycles. The van der Waals surface area contributed by atoms with Crippen molar-refractivity contribution in [2.75, 3.05) is 26.3 Å². The fourth-order valence-corrected chi connectivity index (χ4v) is 3.26. The molecule has 2 heterocycles.